The Balaban J connectivity index is 1.90. The highest BCUT2D eigenvalue weighted by Crippen LogP contribution is 2.25. The molecule has 1 aromatic carbocycles. The summed E-state index contributed by atoms with van der Waals surface area (Å²) in [4.78, 5) is 13.9. The molecule has 1 aromatic rings. The summed E-state index contributed by atoms with van der Waals surface area (Å²) in [6, 6.07) is 4.12. The van der Waals surface area contributed by atoms with Crippen LogP contribution in [0.4, 0.5) is 0 Å². The Kier molecular flexibility index (Phi) is 4.39. The molecule has 1 fully saturated rings. The summed E-state index contributed by atoms with van der Waals surface area (Å²) in [5.74, 6) is -0.576. The fourth-order valence-corrected chi connectivity index (χ4v) is 2.23. The minimum Gasteiger partial charge on any atom is -0.504 e. The van der Waals surface area contributed by atoms with Crippen LogP contribution in [-0.4, -0.2) is 53.7 Å². The van der Waals surface area contributed by atoms with E-state index in [0.29, 0.717) is 5.56 Å². The number of aromatic hydroxyl groups is 2. The summed E-state index contributed by atoms with van der Waals surface area (Å²) in [5.41, 5.74) is 0.398. The van der Waals surface area contributed by atoms with Crippen LogP contribution in [0, 0.1) is 0 Å². The number of carbonyl (C=O) groups is 1. The van der Waals surface area contributed by atoms with Gasteiger partial charge in [0.25, 0.3) is 0 Å². The SMILES string of the molecule is CN(CC(=O)c1ccc(O)c(O)c1)CC1CCCO1. The molecule has 1 heterocycles. The first-order valence-corrected chi connectivity index (χ1v) is 6.41. The normalized spacial score (nSPS) is 18.9. The molecule has 1 saturated heterocycles. The largest absolute Gasteiger partial charge is 0.504 e. The zero-order chi connectivity index (χ0) is 13.8. The highest BCUT2D eigenvalue weighted by Gasteiger charge is 2.19. The third kappa shape index (κ3) is 3.68. The number of phenols is 2. The van der Waals surface area contributed by atoms with Crippen molar-refractivity contribution < 1.29 is 19.7 Å². The molecule has 19 heavy (non-hydrogen) atoms. The van der Waals surface area contributed by atoms with Crippen molar-refractivity contribution >= 4 is 5.78 Å². The summed E-state index contributed by atoms with van der Waals surface area (Å²) in [5, 5.41) is 18.6. The second-order valence-electron chi connectivity index (χ2n) is 4.96. The molecule has 1 aliphatic heterocycles. The Morgan fingerprint density at radius 1 is 1.42 bits per heavy atom. The zero-order valence-electron chi connectivity index (χ0n) is 11.0. The van der Waals surface area contributed by atoms with Crippen LogP contribution in [0.1, 0.15) is 23.2 Å². The summed E-state index contributed by atoms with van der Waals surface area (Å²) < 4.78 is 5.52. The predicted octanol–water partition coefficient (Wildman–Crippen LogP) is 1.39. The smallest absolute Gasteiger partial charge is 0.176 e. The van der Waals surface area contributed by atoms with E-state index in [2.05, 4.69) is 0 Å². The lowest BCUT2D eigenvalue weighted by Gasteiger charge is -2.19. The van der Waals surface area contributed by atoms with Gasteiger partial charge >= 0.3 is 0 Å². The minimum absolute atomic E-state index is 0.0872. The van der Waals surface area contributed by atoms with Crippen molar-refractivity contribution in [2.75, 3.05) is 26.7 Å². The van der Waals surface area contributed by atoms with Crippen molar-refractivity contribution in [3.05, 3.63) is 23.8 Å². The van der Waals surface area contributed by atoms with Gasteiger partial charge in [0.15, 0.2) is 17.3 Å². The monoisotopic (exact) mass is 265 g/mol. The lowest BCUT2D eigenvalue weighted by Crippen LogP contribution is -2.33. The van der Waals surface area contributed by atoms with E-state index in [4.69, 9.17) is 4.74 Å². The highest BCUT2D eigenvalue weighted by atomic mass is 16.5. The van der Waals surface area contributed by atoms with Crippen LogP contribution in [0.25, 0.3) is 0 Å². The van der Waals surface area contributed by atoms with Crippen LogP contribution in [0.5, 0.6) is 11.5 Å². The number of hydrogen-bond donors (Lipinski definition) is 2. The molecular weight excluding hydrogens is 246 g/mol. The average Bonchev–Trinajstić information content (AvgIpc) is 2.85. The van der Waals surface area contributed by atoms with Crippen molar-refractivity contribution in [2.24, 2.45) is 0 Å². The molecule has 5 heteroatoms. The number of hydrogen-bond acceptors (Lipinski definition) is 5. The van der Waals surface area contributed by atoms with Crippen LogP contribution in [-0.2, 0) is 4.74 Å². The molecule has 0 aromatic heterocycles. The van der Waals surface area contributed by atoms with E-state index < -0.39 is 0 Å². The van der Waals surface area contributed by atoms with Gasteiger partial charge in [-0.1, -0.05) is 0 Å². The first-order valence-electron chi connectivity index (χ1n) is 6.41. The molecule has 0 saturated carbocycles. The third-order valence-electron chi connectivity index (χ3n) is 3.25. The maximum absolute atomic E-state index is 12.0. The number of likely N-dealkylation sites (N-methyl/N-ethyl adjacent to an activating group) is 1. The van der Waals surface area contributed by atoms with Crippen molar-refractivity contribution in [2.45, 2.75) is 18.9 Å². The van der Waals surface area contributed by atoms with Crippen LogP contribution < -0.4 is 0 Å². The predicted molar refractivity (Wildman–Crippen MR) is 70.6 cm³/mol. The Morgan fingerprint density at radius 3 is 2.84 bits per heavy atom. The molecular formula is C14H19NO4. The van der Waals surface area contributed by atoms with E-state index in [9.17, 15) is 15.0 Å². The van der Waals surface area contributed by atoms with Gasteiger partial charge in [-0.05, 0) is 38.1 Å². The van der Waals surface area contributed by atoms with E-state index in [1.54, 1.807) is 0 Å². The maximum Gasteiger partial charge on any atom is 0.176 e. The molecule has 2 N–H and O–H groups in total. The first kappa shape index (κ1) is 13.8. The van der Waals surface area contributed by atoms with E-state index in [1.165, 1.54) is 18.2 Å². The molecule has 1 aliphatic rings. The number of phenolic OH excluding ortho intramolecular Hbond substituents is 2. The lowest BCUT2D eigenvalue weighted by atomic mass is 10.1. The van der Waals surface area contributed by atoms with E-state index in [0.717, 1.165) is 26.0 Å². The maximum atomic E-state index is 12.0. The van der Waals surface area contributed by atoms with Crippen molar-refractivity contribution in [1.29, 1.82) is 0 Å². The molecule has 0 amide bonds. The minimum atomic E-state index is -0.271. The van der Waals surface area contributed by atoms with Gasteiger partial charge in [-0.25, -0.2) is 0 Å². The van der Waals surface area contributed by atoms with E-state index in [-0.39, 0.29) is 29.9 Å². The molecule has 5 nitrogen and oxygen atoms in total. The Labute approximate surface area is 112 Å². The van der Waals surface area contributed by atoms with E-state index in [1.807, 2.05) is 11.9 Å². The highest BCUT2D eigenvalue weighted by molar-refractivity contribution is 5.98. The number of carbonyl (C=O) groups excluding carboxylic acids is 1. The number of benzene rings is 1. The summed E-state index contributed by atoms with van der Waals surface area (Å²) in [7, 11) is 1.87. The molecule has 1 unspecified atom stereocenters. The summed E-state index contributed by atoms with van der Waals surface area (Å²) >= 11 is 0. The first-order chi connectivity index (χ1) is 9.06. The van der Waals surface area contributed by atoms with Crippen molar-refractivity contribution in [3.63, 3.8) is 0 Å². The Bertz CT molecular complexity index is 455. The molecule has 104 valence electrons. The van der Waals surface area contributed by atoms with Gasteiger partial charge in [0, 0.05) is 18.7 Å². The molecule has 1 atom stereocenters. The second-order valence-corrected chi connectivity index (χ2v) is 4.96. The van der Waals surface area contributed by atoms with Gasteiger partial charge < -0.3 is 14.9 Å². The molecule has 0 radical (unpaired) electrons. The van der Waals surface area contributed by atoms with Gasteiger partial charge in [-0.3, -0.25) is 9.69 Å². The molecule has 0 bridgehead atoms. The van der Waals surface area contributed by atoms with Crippen molar-refractivity contribution in [3.8, 4) is 11.5 Å². The second kappa shape index (κ2) is 6.04. The van der Waals surface area contributed by atoms with Gasteiger partial charge in [0.05, 0.1) is 12.6 Å². The van der Waals surface area contributed by atoms with Gasteiger partial charge in [-0.15, -0.1) is 0 Å². The fourth-order valence-electron chi connectivity index (χ4n) is 2.23. The summed E-state index contributed by atoms with van der Waals surface area (Å²) in [6.07, 6.45) is 2.34. The van der Waals surface area contributed by atoms with Crippen LogP contribution in [0.2, 0.25) is 0 Å². The lowest BCUT2D eigenvalue weighted by molar-refractivity contribution is 0.0740. The topological polar surface area (TPSA) is 70.0 Å². The Hall–Kier alpha value is -1.59. The number of ketones is 1. The summed E-state index contributed by atoms with van der Waals surface area (Å²) in [6.45, 7) is 1.80. The Morgan fingerprint density at radius 2 is 2.21 bits per heavy atom. The third-order valence-corrected chi connectivity index (χ3v) is 3.25. The van der Waals surface area contributed by atoms with Crippen LogP contribution in [0.3, 0.4) is 0 Å². The number of ether oxygens (including phenoxy) is 1. The zero-order valence-corrected chi connectivity index (χ0v) is 11.0. The fraction of sp³-hybridized carbons (Fsp3) is 0.500. The van der Waals surface area contributed by atoms with Gasteiger partial charge in [-0.2, -0.15) is 0 Å². The average molecular weight is 265 g/mol. The molecule has 2 rings (SSSR count). The molecule has 0 spiro atoms. The van der Waals surface area contributed by atoms with Crippen LogP contribution in [0.15, 0.2) is 18.2 Å². The number of Topliss-reactive ketones (excluding diaryl/α,β-unsaturated/α-hetero) is 1. The quantitative estimate of drug-likeness (QED) is 0.622. The van der Waals surface area contributed by atoms with Crippen molar-refractivity contribution in [1.82, 2.24) is 4.90 Å². The molecule has 0 aliphatic carbocycles. The van der Waals surface area contributed by atoms with Crippen LogP contribution >= 0.6 is 0 Å². The number of nitrogens with zero attached hydrogens (tertiary/aromatic N) is 1. The van der Waals surface area contributed by atoms with Gasteiger partial charge in [0.1, 0.15) is 0 Å². The van der Waals surface area contributed by atoms with Gasteiger partial charge in [0.2, 0.25) is 0 Å². The number of rotatable bonds is 5. The standard InChI is InChI=1S/C14H19NO4/c1-15(8-11-3-2-6-19-11)9-14(18)10-4-5-12(16)13(17)7-10/h4-5,7,11,16-17H,2-3,6,8-9H2,1H3. The van der Waals surface area contributed by atoms with E-state index >= 15 is 0 Å².